The van der Waals surface area contributed by atoms with Crippen molar-refractivity contribution in [3.05, 3.63) is 40.3 Å². The van der Waals surface area contributed by atoms with E-state index in [4.69, 9.17) is 5.53 Å². The second-order valence-electron chi connectivity index (χ2n) is 3.99. The molecule has 0 aromatic heterocycles. The summed E-state index contributed by atoms with van der Waals surface area (Å²) in [5.41, 5.74) is 9.16. The third-order valence-electron chi connectivity index (χ3n) is 2.49. The van der Waals surface area contributed by atoms with E-state index in [1.807, 2.05) is 0 Å². The van der Waals surface area contributed by atoms with E-state index in [0.29, 0.717) is 6.54 Å². The first-order valence-corrected chi connectivity index (χ1v) is 6.95. The molecule has 1 aromatic rings. The number of sulfonamides is 1. The SMILES string of the molecule is CN(C)S(=O)(=O)c1ccc(CCCN=[N+]=[N-])cc1. The molecular weight excluding hydrogens is 252 g/mol. The zero-order chi connectivity index (χ0) is 13.6. The van der Waals surface area contributed by atoms with Crippen LogP contribution in [-0.2, 0) is 16.4 Å². The minimum atomic E-state index is -3.36. The van der Waals surface area contributed by atoms with E-state index in [0.717, 1.165) is 18.4 Å². The fourth-order valence-corrected chi connectivity index (χ4v) is 2.34. The predicted molar refractivity (Wildman–Crippen MR) is 69.6 cm³/mol. The number of rotatable bonds is 6. The van der Waals surface area contributed by atoms with Gasteiger partial charge >= 0.3 is 0 Å². The van der Waals surface area contributed by atoms with Crippen LogP contribution in [0.4, 0.5) is 0 Å². The molecule has 98 valence electrons. The van der Waals surface area contributed by atoms with Crippen LogP contribution in [0.5, 0.6) is 0 Å². The van der Waals surface area contributed by atoms with Crippen molar-refractivity contribution in [3.63, 3.8) is 0 Å². The molecule has 7 heteroatoms. The third-order valence-corrected chi connectivity index (χ3v) is 4.32. The molecule has 0 saturated heterocycles. The zero-order valence-corrected chi connectivity index (χ0v) is 11.3. The maximum absolute atomic E-state index is 11.8. The van der Waals surface area contributed by atoms with Gasteiger partial charge in [-0.15, -0.1) is 0 Å². The van der Waals surface area contributed by atoms with E-state index in [2.05, 4.69) is 10.0 Å². The molecule has 0 unspecified atom stereocenters. The van der Waals surface area contributed by atoms with Gasteiger partial charge in [0, 0.05) is 25.6 Å². The molecule has 0 heterocycles. The number of azide groups is 1. The molecule has 0 spiro atoms. The Balaban J connectivity index is 2.72. The number of hydrogen-bond acceptors (Lipinski definition) is 3. The van der Waals surface area contributed by atoms with Gasteiger partial charge in [-0.2, -0.15) is 0 Å². The summed E-state index contributed by atoms with van der Waals surface area (Å²) in [5, 5.41) is 3.44. The molecule has 0 bridgehead atoms. The maximum Gasteiger partial charge on any atom is 0.242 e. The van der Waals surface area contributed by atoms with Crippen molar-refractivity contribution in [2.24, 2.45) is 5.11 Å². The van der Waals surface area contributed by atoms with Gasteiger partial charge in [0.2, 0.25) is 10.0 Å². The Labute approximate surface area is 107 Å². The van der Waals surface area contributed by atoms with Crippen molar-refractivity contribution in [3.8, 4) is 0 Å². The lowest BCUT2D eigenvalue weighted by Gasteiger charge is -2.11. The molecule has 18 heavy (non-hydrogen) atoms. The molecule has 0 aliphatic carbocycles. The molecule has 6 nitrogen and oxygen atoms in total. The summed E-state index contributed by atoms with van der Waals surface area (Å²) in [6.45, 7) is 0.453. The first kappa shape index (κ1) is 14.5. The van der Waals surface area contributed by atoms with Gasteiger partial charge in [0.15, 0.2) is 0 Å². The average Bonchev–Trinajstić information content (AvgIpc) is 2.35. The van der Waals surface area contributed by atoms with Crippen LogP contribution < -0.4 is 0 Å². The molecule has 1 aromatic carbocycles. The van der Waals surface area contributed by atoms with E-state index in [9.17, 15) is 8.42 Å². The Kier molecular flexibility index (Phi) is 5.15. The van der Waals surface area contributed by atoms with Crippen LogP contribution >= 0.6 is 0 Å². The lowest BCUT2D eigenvalue weighted by molar-refractivity contribution is 0.520. The Morgan fingerprint density at radius 3 is 2.39 bits per heavy atom. The highest BCUT2D eigenvalue weighted by Gasteiger charge is 2.16. The van der Waals surface area contributed by atoms with Gasteiger partial charge < -0.3 is 0 Å². The summed E-state index contributed by atoms with van der Waals surface area (Å²) in [7, 11) is -0.350. The van der Waals surface area contributed by atoms with Crippen molar-refractivity contribution in [1.29, 1.82) is 0 Å². The molecule has 0 aliphatic heterocycles. The van der Waals surface area contributed by atoms with E-state index < -0.39 is 10.0 Å². The summed E-state index contributed by atoms with van der Waals surface area (Å²) in [6.07, 6.45) is 1.52. The quantitative estimate of drug-likeness (QED) is 0.342. The number of benzene rings is 1. The minimum Gasteiger partial charge on any atom is -0.207 e. The molecule has 0 saturated carbocycles. The Morgan fingerprint density at radius 1 is 1.28 bits per heavy atom. The van der Waals surface area contributed by atoms with Crippen molar-refractivity contribution >= 4 is 10.0 Å². The Bertz CT molecular complexity index is 531. The second-order valence-corrected chi connectivity index (χ2v) is 6.14. The lowest BCUT2D eigenvalue weighted by Crippen LogP contribution is -2.22. The summed E-state index contributed by atoms with van der Waals surface area (Å²) in [5.74, 6) is 0. The van der Waals surface area contributed by atoms with Gasteiger partial charge in [-0.05, 0) is 36.1 Å². The van der Waals surface area contributed by atoms with E-state index in [1.165, 1.54) is 18.4 Å². The smallest absolute Gasteiger partial charge is 0.207 e. The monoisotopic (exact) mass is 268 g/mol. The van der Waals surface area contributed by atoms with Gasteiger partial charge in [0.1, 0.15) is 0 Å². The molecule has 0 aliphatic rings. The molecule has 0 N–H and O–H groups in total. The molecule has 0 amide bonds. The molecule has 0 radical (unpaired) electrons. The van der Waals surface area contributed by atoms with Crippen LogP contribution in [-0.4, -0.2) is 33.4 Å². The molecule has 0 atom stereocenters. The standard InChI is InChI=1S/C11H16N4O2S/c1-15(2)18(16,17)11-7-5-10(6-8-11)4-3-9-13-14-12/h5-8H,3-4,9H2,1-2H3. The summed E-state index contributed by atoms with van der Waals surface area (Å²) in [4.78, 5) is 2.96. The molecule has 0 fully saturated rings. The van der Waals surface area contributed by atoms with E-state index in [1.54, 1.807) is 24.3 Å². The number of aryl methyl sites for hydroxylation is 1. The van der Waals surface area contributed by atoms with Crippen LogP contribution in [0.25, 0.3) is 10.4 Å². The lowest BCUT2D eigenvalue weighted by atomic mass is 10.1. The van der Waals surface area contributed by atoms with E-state index in [-0.39, 0.29) is 4.90 Å². The van der Waals surface area contributed by atoms with Crippen molar-refractivity contribution in [2.75, 3.05) is 20.6 Å². The Hall–Kier alpha value is -1.56. The van der Waals surface area contributed by atoms with Gasteiger partial charge in [-0.1, -0.05) is 17.2 Å². The van der Waals surface area contributed by atoms with Gasteiger partial charge in [0.05, 0.1) is 4.90 Å². The van der Waals surface area contributed by atoms with Gasteiger partial charge in [-0.3, -0.25) is 0 Å². The van der Waals surface area contributed by atoms with Crippen molar-refractivity contribution in [2.45, 2.75) is 17.7 Å². The highest BCUT2D eigenvalue weighted by Crippen LogP contribution is 2.14. The normalized spacial score (nSPS) is 11.3. The van der Waals surface area contributed by atoms with Gasteiger partial charge in [0.25, 0.3) is 0 Å². The number of nitrogens with zero attached hydrogens (tertiary/aromatic N) is 4. The van der Waals surface area contributed by atoms with Gasteiger partial charge in [-0.25, -0.2) is 12.7 Å². The summed E-state index contributed by atoms with van der Waals surface area (Å²) >= 11 is 0. The molecule has 1 rings (SSSR count). The maximum atomic E-state index is 11.8. The largest absolute Gasteiger partial charge is 0.242 e. The topological polar surface area (TPSA) is 86.1 Å². The fourth-order valence-electron chi connectivity index (χ4n) is 1.44. The van der Waals surface area contributed by atoms with E-state index >= 15 is 0 Å². The minimum absolute atomic E-state index is 0.284. The first-order valence-electron chi connectivity index (χ1n) is 5.51. The molecular formula is C11H16N4O2S. The van der Waals surface area contributed by atoms with Crippen molar-refractivity contribution < 1.29 is 8.42 Å². The predicted octanol–water partition coefficient (Wildman–Crippen LogP) is 2.18. The third kappa shape index (κ3) is 3.73. The number of hydrogen-bond donors (Lipinski definition) is 0. The first-order chi connectivity index (χ1) is 8.48. The second kappa shape index (κ2) is 6.39. The summed E-state index contributed by atoms with van der Waals surface area (Å²) < 4.78 is 24.8. The fraction of sp³-hybridized carbons (Fsp3) is 0.455. The van der Waals surface area contributed by atoms with Crippen LogP contribution in [0, 0.1) is 0 Å². The zero-order valence-electron chi connectivity index (χ0n) is 10.4. The van der Waals surface area contributed by atoms with Crippen molar-refractivity contribution in [1.82, 2.24) is 4.31 Å². The summed E-state index contributed by atoms with van der Waals surface area (Å²) in [6, 6.07) is 6.76. The van der Waals surface area contributed by atoms with Crippen LogP contribution in [0.2, 0.25) is 0 Å². The highest BCUT2D eigenvalue weighted by atomic mass is 32.2. The average molecular weight is 268 g/mol. The van der Waals surface area contributed by atoms with Crippen LogP contribution in [0.1, 0.15) is 12.0 Å². The highest BCUT2D eigenvalue weighted by molar-refractivity contribution is 7.89. The Morgan fingerprint density at radius 2 is 1.89 bits per heavy atom. The van der Waals surface area contributed by atoms with Crippen LogP contribution in [0.15, 0.2) is 34.3 Å². The van der Waals surface area contributed by atoms with Crippen LogP contribution in [0.3, 0.4) is 0 Å².